The number of amides is 1. The molecule has 1 aliphatic rings. The number of anilines is 1. The minimum Gasteiger partial charge on any atom is -0.497 e. The molecule has 0 N–H and O–H groups in total. The average Bonchev–Trinajstić information content (AvgIpc) is 2.73. The second kappa shape index (κ2) is 8.28. The van der Waals surface area contributed by atoms with Crippen molar-refractivity contribution in [2.75, 3.05) is 32.1 Å². The molecule has 0 aliphatic carbocycles. The fraction of sp³-hybridized carbons (Fsp3) is 0.350. The Morgan fingerprint density at radius 3 is 2.39 bits per heavy atom. The third-order valence-corrected chi connectivity index (χ3v) is 6.85. The number of ether oxygens (including phenoxy) is 1. The van der Waals surface area contributed by atoms with Crippen molar-refractivity contribution in [2.45, 2.75) is 17.7 Å². The van der Waals surface area contributed by atoms with Crippen LogP contribution in [-0.2, 0) is 14.8 Å². The number of carbonyl (C=O) groups excluding carboxylic acids is 1. The number of sulfonamides is 1. The van der Waals surface area contributed by atoms with Gasteiger partial charge in [0.15, 0.2) is 0 Å². The van der Waals surface area contributed by atoms with Crippen LogP contribution in [0.5, 0.6) is 5.75 Å². The van der Waals surface area contributed by atoms with E-state index in [4.69, 9.17) is 4.74 Å². The molecule has 3 rings (SSSR count). The molecule has 2 aromatic carbocycles. The highest BCUT2D eigenvalue weighted by molar-refractivity contribution is 7.89. The summed E-state index contributed by atoms with van der Waals surface area (Å²) in [4.78, 5) is 14.5. The van der Waals surface area contributed by atoms with Crippen molar-refractivity contribution in [3.8, 4) is 5.75 Å². The molecule has 0 spiro atoms. The zero-order valence-electron chi connectivity index (χ0n) is 15.8. The molecule has 1 unspecified atom stereocenters. The van der Waals surface area contributed by atoms with E-state index in [0.717, 1.165) is 12.1 Å². The van der Waals surface area contributed by atoms with Crippen molar-refractivity contribution in [1.29, 1.82) is 0 Å². The summed E-state index contributed by atoms with van der Waals surface area (Å²) >= 11 is 0. The lowest BCUT2D eigenvalue weighted by Gasteiger charge is -2.33. The Morgan fingerprint density at radius 1 is 1.14 bits per heavy atom. The van der Waals surface area contributed by atoms with Crippen molar-refractivity contribution < 1.29 is 22.3 Å². The number of nitrogens with zero attached hydrogens (tertiary/aromatic N) is 2. The van der Waals surface area contributed by atoms with Crippen molar-refractivity contribution in [1.82, 2.24) is 4.31 Å². The molecule has 28 heavy (non-hydrogen) atoms. The molecule has 0 bridgehead atoms. The van der Waals surface area contributed by atoms with Crippen LogP contribution in [0.3, 0.4) is 0 Å². The van der Waals surface area contributed by atoms with Crippen LogP contribution in [0.4, 0.5) is 10.1 Å². The van der Waals surface area contributed by atoms with E-state index in [0.29, 0.717) is 30.8 Å². The Hall–Kier alpha value is -2.45. The van der Waals surface area contributed by atoms with E-state index in [-0.39, 0.29) is 17.3 Å². The number of benzene rings is 2. The van der Waals surface area contributed by atoms with Gasteiger partial charge in [-0.15, -0.1) is 0 Å². The first-order valence-electron chi connectivity index (χ1n) is 9.00. The maximum atomic E-state index is 13.1. The monoisotopic (exact) mass is 406 g/mol. The number of hydrogen-bond donors (Lipinski definition) is 0. The van der Waals surface area contributed by atoms with Gasteiger partial charge < -0.3 is 9.64 Å². The zero-order valence-corrected chi connectivity index (χ0v) is 16.7. The number of halogens is 1. The second-order valence-corrected chi connectivity index (χ2v) is 8.69. The van der Waals surface area contributed by atoms with E-state index < -0.39 is 21.8 Å². The van der Waals surface area contributed by atoms with Crippen molar-refractivity contribution >= 4 is 21.6 Å². The largest absolute Gasteiger partial charge is 0.497 e. The van der Waals surface area contributed by atoms with E-state index in [1.165, 1.54) is 21.3 Å². The zero-order chi connectivity index (χ0) is 20.3. The molecular formula is C20H23FN2O4S. The number of carbonyl (C=O) groups is 1. The van der Waals surface area contributed by atoms with Crippen molar-refractivity contribution in [3.63, 3.8) is 0 Å². The van der Waals surface area contributed by atoms with Gasteiger partial charge >= 0.3 is 0 Å². The molecule has 1 aliphatic heterocycles. The van der Waals surface area contributed by atoms with Crippen LogP contribution < -0.4 is 9.64 Å². The standard InChI is InChI=1S/C20H23FN2O4S/c1-22(17-7-9-18(27-2)10-8-17)20(24)15-4-3-13-23(14-15)28(25,26)19-11-5-16(21)6-12-19/h5-12,15H,3-4,13-14H2,1-2H3. The van der Waals surface area contributed by atoms with Crippen molar-refractivity contribution in [2.24, 2.45) is 5.92 Å². The maximum Gasteiger partial charge on any atom is 0.243 e. The lowest BCUT2D eigenvalue weighted by molar-refractivity contribution is -0.123. The summed E-state index contributed by atoms with van der Waals surface area (Å²) in [7, 11) is -0.516. The van der Waals surface area contributed by atoms with E-state index in [1.54, 1.807) is 38.4 Å². The van der Waals surface area contributed by atoms with Crippen LogP contribution in [0, 0.1) is 11.7 Å². The van der Waals surface area contributed by atoms with E-state index in [9.17, 15) is 17.6 Å². The normalized spacial score (nSPS) is 17.9. The lowest BCUT2D eigenvalue weighted by atomic mass is 9.98. The summed E-state index contributed by atoms with van der Waals surface area (Å²) in [6.45, 7) is 0.453. The van der Waals surface area contributed by atoms with Crippen LogP contribution in [0.1, 0.15) is 12.8 Å². The topological polar surface area (TPSA) is 66.9 Å². The van der Waals surface area contributed by atoms with Gasteiger partial charge in [-0.3, -0.25) is 4.79 Å². The van der Waals surface area contributed by atoms with E-state index in [1.807, 2.05) is 0 Å². The molecule has 6 nitrogen and oxygen atoms in total. The van der Waals surface area contributed by atoms with E-state index >= 15 is 0 Å². The summed E-state index contributed by atoms with van der Waals surface area (Å²) in [5, 5.41) is 0. The Labute approximate surface area is 164 Å². The first kappa shape index (κ1) is 20.3. The molecular weight excluding hydrogens is 383 g/mol. The van der Waals surface area contributed by atoms with E-state index in [2.05, 4.69) is 0 Å². The third-order valence-electron chi connectivity index (χ3n) is 4.98. The van der Waals surface area contributed by atoms with Gasteiger partial charge in [-0.05, 0) is 61.4 Å². The molecule has 0 saturated carbocycles. The van der Waals surface area contributed by atoms with Crippen LogP contribution in [0.25, 0.3) is 0 Å². The average molecular weight is 406 g/mol. The number of hydrogen-bond acceptors (Lipinski definition) is 4. The lowest BCUT2D eigenvalue weighted by Crippen LogP contribution is -2.45. The molecule has 150 valence electrons. The molecule has 1 amide bonds. The Bertz CT molecular complexity index is 930. The van der Waals surface area contributed by atoms with Crippen LogP contribution in [0.15, 0.2) is 53.4 Å². The molecule has 8 heteroatoms. The molecule has 1 atom stereocenters. The summed E-state index contributed by atoms with van der Waals surface area (Å²) < 4.78 is 45.2. The Balaban J connectivity index is 1.74. The highest BCUT2D eigenvalue weighted by Gasteiger charge is 2.34. The molecule has 1 saturated heterocycles. The minimum absolute atomic E-state index is 0.0329. The van der Waals surface area contributed by atoms with Crippen LogP contribution in [-0.4, -0.2) is 45.9 Å². The first-order valence-corrected chi connectivity index (χ1v) is 10.4. The van der Waals surface area contributed by atoms with Gasteiger partial charge in [0.05, 0.1) is 17.9 Å². The minimum atomic E-state index is -3.77. The summed E-state index contributed by atoms with van der Waals surface area (Å²) in [5.74, 6) is -0.370. The predicted molar refractivity (Wildman–Crippen MR) is 104 cm³/mol. The quantitative estimate of drug-likeness (QED) is 0.766. The number of piperidine rings is 1. The number of methoxy groups -OCH3 is 1. The number of rotatable bonds is 5. The van der Waals surface area contributed by atoms with Gasteiger partial charge in [-0.25, -0.2) is 12.8 Å². The van der Waals surface area contributed by atoms with Crippen LogP contribution in [0.2, 0.25) is 0 Å². The van der Waals surface area contributed by atoms with Gasteiger partial charge in [0, 0.05) is 25.8 Å². The van der Waals surface area contributed by atoms with Crippen molar-refractivity contribution in [3.05, 3.63) is 54.3 Å². The second-order valence-electron chi connectivity index (χ2n) is 6.75. The fourth-order valence-corrected chi connectivity index (χ4v) is 4.85. The maximum absolute atomic E-state index is 13.1. The van der Waals surface area contributed by atoms with Crippen LogP contribution >= 0.6 is 0 Å². The fourth-order valence-electron chi connectivity index (χ4n) is 3.32. The van der Waals surface area contributed by atoms with Gasteiger partial charge in [0.2, 0.25) is 15.9 Å². The summed E-state index contributed by atoms with van der Waals surface area (Å²) in [6.07, 6.45) is 1.21. The van der Waals surface area contributed by atoms with Gasteiger partial charge in [0.25, 0.3) is 0 Å². The molecule has 1 fully saturated rings. The molecule has 1 heterocycles. The smallest absolute Gasteiger partial charge is 0.243 e. The summed E-state index contributed by atoms with van der Waals surface area (Å²) in [5.41, 5.74) is 0.712. The van der Waals surface area contributed by atoms with Gasteiger partial charge in [0.1, 0.15) is 11.6 Å². The molecule has 0 aromatic heterocycles. The summed E-state index contributed by atoms with van der Waals surface area (Å²) in [6, 6.07) is 11.8. The first-order chi connectivity index (χ1) is 13.3. The highest BCUT2D eigenvalue weighted by Crippen LogP contribution is 2.27. The SMILES string of the molecule is COc1ccc(N(C)C(=O)C2CCCN(S(=O)(=O)c3ccc(F)cc3)C2)cc1. The van der Waals surface area contributed by atoms with Gasteiger partial charge in [-0.2, -0.15) is 4.31 Å². The Kier molecular flexibility index (Phi) is 6.00. The van der Waals surface area contributed by atoms with Gasteiger partial charge in [-0.1, -0.05) is 0 Å². The molecule has 2 aromatic rings. The predicted octanol–water partition coefficient (Wildman–Crippen LogP) is 2.90. The third kappa shape index (κ3) is 4.18. The molecule has 0 radical (unpaired) electrons. The highest BCUT2D eigenvalue weighted by atomic mass is 32.2. The Morgan fingerprint density at radius 2 is 1.79 bits per heavy atom.